The molecule has 6 heteroatoms. The number of nitrogens with one attached hydrogen (secondary N) is 2. The summed E-state index contributed by atoms with van der Waals surface area (Å²) in [6.07, 6.45) is 1.43. The highest BCUT2D eigenvalue weighted by Gasteiger charge is 2.33. The number of carbonyl (C=O) groups excluding carboxylic acids is 2. The van der Waals surface area contributed by atoms with Gasteiger partial charge in [-0.05, 0) is 57.2 Å². The molecule has 0 aromatic heterocycles. The molecular weight excluding hydrogens is 299 g/mol. The Morgan fingerprint density at radius 3 is 2.39 bits per heavy atom. The molecule has 1 aliphatic rings. The summed E-state index contributed by atoms with van der Waals surface area (Å²) in [5, 5.41) is 5.33. The lowest BCUT2D eigenvalue weighted by atomic mass is 10.0. The van der Waals surface area contributed by atoms with Crippen LogP contribution in [-0.4, -0.2) is 24.1 Å². The SMILES string of the molecule is CC(C)(C)OC(=O)NCC(=O)N[C@@H](c1ccc(F)cc1)C1CC1. The molecule has 5 nitrogen and oxygen atoms in total. The molecule has 2 N–H and O–H groups in total. The average molecular weight is 322 g/mol. The maximum atomic E-state index is 13.0. The van der Waals surface area contributed by atoms with Gasteiger partial charge in [0.15, 0.2) is 0 Å². The molecule has 0 radical (unpaired) electrons. The zero-order chi connectivity index (χ0) is 17.0. The molecule has 2 amide bonds. The predicted octanol–water partition coefficient (Wildman–Crippen LogP) is 2.92. The highest BCUT2D eigenvalue weighted by Crippen LogP contribution is 2.40. The zero-order valence-corrected chi connectivity index (χ0v) is 13.7. The van der Waals surface area contributed by atoms with Crippen molar-refractivity contribution in [3.8, 4) is 0 Å². The van der Waals surface area contributed by atoms with Crippen molar-refractivity contribution < 1.29 is 18.7 Å². The van der Waals surface area contributed by atoms with E-state index in [-0.39, 0.29) is 24.3 Å². The number of ether oxygens (including phenoxy) is 1. The molecule has 0 unspecified atom stereocenters. The Morgan fingerprint density at radius 2 is 1.87 bits per heavy atom. The fourth-order valence-electron chi connectivity index (χ4n) is 2.26. The highest BCUT2D eigenvalue weighted by molar-refractivity contribution is 5.82. The van der Waals surface area contributed by atoms with Gasteiger partial charge in [0, 0.05) is 0 Å². The predicted molar refractivity (Wildman–Crippen MR) is 84.2 cm³/mol. The van der Waals surface area contributed by atoms with E-state index < -0.39 is 11.7 Å². The Morgan fingerprint density at radius 1 is 1.26 bits per heavy atom. The molecular formula is C17H23FN2O3. The molecule has 1 aromatic rings. The van der Waals surface area contributed by atoms with Crippen molar-refractivity contribution in [2.45, 2.75) is 45.3 Å². The molecule has 23 heavy (non-hydrogen) atoms. The molecule has 0 bridgehead atoms. The number of hydrogen-bond acceptors (Lipinski definition) is 3. The van der Waals surface area contributed by atoms with Crippen LogP contribution >= 0.6 is 0 Å². The first-order valence-electron chi connectivity index (χ1n) is 7.76. The van der Waals surface area contributed by atoms with Crippen LogP contribution in [0.3, 0.4) is 0 Å². The monoisotopic (exact) mass is 322 g/mol. The van der Waals surface area contributed by atoms with E-state index in [2.05, 4.69) is 10.6 Å². The summed E-state index contributed by atoms with van der Waals surface area (Å²) < 4.78 is 18.1. The van der Waals surface area contributed by atoms with Crippen LogP contribution < -0.4 is 10.6 Å². The van der Waals surface area contributed by atoms with Gasteiger partial charge in [-0.15, -0.1) is 0 Å². The number of halogens is 1. The van der Waals surface area contributed by atoms with Crippen molar-refractivity contribution in [2.75, 3.05) is 6.54 Å². The van der Waals surface area contributed by atoms with Gasteiger partial charge in [0.1, 0.15) is 18.0 Å². The molecule has 0 aliphatic heterocycles. The largest absolute Gasteiger partial charge is 0.444 e. The van der Waals surface area contributed by atoms with Gasteiger partial charge in [-0.1, -0.05) is 12.1 Å². The Bertz CT molecular complexity index is 562. The third-order valence-corrected chi connectivity index (χ3v) is 3.43. The summed E-state index contributed by atoms with van der Waals surface area (Å²) >= 11 is 0. The fourth-order valence-corrected chi connectivity index (χ4v) is 2.26. The van der Waals surface area contributed by atoms with E-state index in [9.17, 15) is 14.0 Å². The van der Waals surface area contributed by atoms with Gasteiger partial charge in [0.2, 0.25) is 5.91 Å². The van der Waals surface area contributed by atoms with Gasteiger partial charge < -0.3 is 15.4 Å². The number of amides is 2. The van der Waals surface area contributed by atoms with Crippen molar-refractivity contribution in [1.82, 2.24) is 10.6 Å². The van der Waals surface area contributed by atoms with E-state index in [0.29, 0.717) is 5.92 Å². The van der Waals surface area contributed by atoms with Gasteiger partial charge >= 0.3 is 6.09 Å². The second-order valence-corrected chi connectivity index (χ2v) is 6.79. The summed E-state index contributed by atoms with van der Waals surface area (Å²) in [6.45, 7) is 5.11. The number of rotatable bonds is 5. The van der Waals surface area contributed by atoms with Crippen LogP contribution in [0.15, 0.2) is 24.3 Å². The average Bonchev–Trinajstić information content (AvgIpc) is 3.26. The smallest absolute Gasteiger partial charge is 0.408 e. The van der Waals surface area contributed by atoms with E-state index in [0.717, 1.165) is 18.4 Å². The lowest BCUT2D eigenvalue weighted by Crippen LogP contribution is -2.41. The lowest BCUT2D eigenvalue weighted by molar-refractivity contribution is -0.121. The summed E-state index contributed by atoms with van der Waals surface area (Å²) in [5.41, 5.74) is 0.269. The maximum absolute atomic E-state index is 13.0. The van der Waals surface area contributed by atoms with Crippen molar-refractivity contribution in [1.29, 1.82) is 0 Å². The first kappa shape index (κ1) is 17.2. The molecule has 1 aliphatic carbocycles. The summed E-state index contributed by atoms with van der Waals surface area (Å²) in [7, 11) is 0. The topological polar surface area (TPSA) is 67.4 Å². The molecule has 0 saturated heterocycles. The Labute approximate surface area is 135 Å². The summed E-state index contributed by atoms with van der Waals surface area (Å²) in [5.74, 6) is -0.232. The number of alkyl carbamates (subject to hydrolysis) is 1. The van der Waals surface area contributed by atoms with Gasteiger partial charge in [0.25, 0.3) is 0 Å². The highest BCUT2D eigenvalue weighted by atomic mass is 19.1. The molecule has 1 fully saturated rings. The lowest BCUT2D eigenvalue weighted by Gasteiger charge is -2.21. The molecule has 0 spiro atoms. The fraction of sp³-hybridized carbons (Fsp3) is 0.529. The van der Waals surface area contributed by atoms with Crippen LogP contribution in [-0.2, 0) is 9.53 Å². The van der Waals surface area contributed by atoms with E-state index in [1.54, 1.807) is 32.9 Å². The van der Waals surface area contributed by atoms with Crippen LogP contribution in [0.25, 0.3) is 0 Å². The first-order valence-corrected chi connectivity index (χ1v) is 7.76. The van der Waals surface area contributed by atoms with Gasteiger partial charge in [-0.25, -0.2) is 9.18 Å². The second-order valence-electron chi connectivity index (χ2n) is 6.79. The van der Waals surface area contributed by atoms with Crippen molar-refractivity contribution in [3.63, 3.8) is 0 Å². The minimum Gasteiger partial charge on any atom is -0.444 e. The van der Waals surface area contributed by atoms with E-state index in [1.165, 1.54) is 12.1 Å². The molecule has 1 aromatic carbocycles. The normalized spacial score (nSPS) is 15.7. The van der Waals surface area contributed by atoms with E-state index in [4.69, 9.17) is 4.74 Å². The third kappa shape index (κ3) is 5.88. The van der Waals surface area contributed by atoms with Crippen LogP contribution in [0.5, 0.6) is 0 Å². The van der Waals surface area contributed by atoms with E-state index >= 15 is 0 Å². The van der Waals surface area contributed by atoms with E-state index in [1.807, 2.05) is 0 Å². The third-order valence-electron chi connectivity index (χ3n) is 3.43. The zero-order valence-electron chi connectivity index (χ0n) is 13.7. The minimum atomic E-state index is -0.627. The molecule has 1 atom stereocenters. The van der Waals surface area contributed by atoms with Crippen molar-refractivity contribution in [2.24, 2.45) is 5.92 Å². The summed E-state index contributed by atoms with van der Waals surface area (Å²) in [4.78, 5) is 23.6. The Kier molecular flexibility index (Phi) is 5.23. The minimum absolute atomic E-state index is 0.150. The Balaban J connectivity index is 1.87. The Hall–Kier alpha value is -2.11. The second kappa shape index (κ2) is 6.98. The van der Waals surface area contributed by atoms with Crippen molar-refractivity contribution in [3.05, 3.63) is 35.6 Å². The van der Waals surface area contributed by atoms with Crippen molar-refractivity contribution >= 4 is 12.0 Å². The molecule has 2 rings (SSSR count). The van der Waals surface area contributed by atoms with Crippen LogP contribution in [0.1, 0.15) is 45.2 Å². The van der Waals surface area contributed by atoms with Gasteiger partial charge in [-0.3, -0.25) is 4.79 Å². The molecule has 126 valence electrons. The van der Waals surface area contributed by atoms with Crippen LogP contribution in [0, 0.1) is 11.7 Å². The number of benzene rings is 1. The molecule has 1 saturated carbocycles. The quantitative estimate of drug-likeness (QED) is 0.876. The van der Waals surface area contributed by atoms with Gasteiger partial charge in [-0.2, -0.15) is 0 Å². The summed E-state index contributed by atoms with van der Waals surface area (Å²) in [6, 6.07) is 5.98. The van der Waals surface area contributed by atoms with Crippen LogP contribution in [0.2, 0.25) is 0 Å². The maximum Gasteiger partial charge on any atom is 0.408 e. The number of carbonyl (C=O) groups is 2. The number of hydrogen-bond donors (Lipinski definition) is 2. The molecule has 0 heterocycles. The standard InChI is InChI=1S/C17H23FN2O3/c1-17(2,3)23-16(22)19-10-14(21)20-15(11-4-5-11)12-6-8-13(18)9-7-12/h6-9,11,15H,4-5,10H2,1-3H3,(H,19,22)(H,20,21)/t15-/m1/s1. The first-order chi connectivity index (χ1) is 10.7. The van der Waals surface area contributed by atoms with Crippen LogP contribution in [0.4, 0.5) is 9.18 Å². The van der Waals surface area contributed by atoms with Gasteiger partial charge in [0.05, 0.1) is 6.04 Å².